The van der Waals surface area contributed by atoms with Crippen molar-refractivity contribution in [1.82, 2.24) is 18.5 Å². The average molecular weight is 410 g/mol. The molecule has 0 aliphatic rings. The first-order chi connectivity index (χ1) is 15.1. The molecule has 7 nitrogen and oxygen atoms in total. The number of pyridine rings is 1. The molecule has 0 saturated heterocycles. The summed E-state index contributed by atoms with van der Waals surface area (Å²) in [5, 5.41) is 0.440. The van der Waals surface area contributed by atoms with Crippen LogP contribution in [0.25, 0.3) is 16.6 Å². The lowest BCUT2D eigenvalue weighted by Crippen LogP contribution is -2.40. The van der Waals surface area contributed by atoms with Crippen LogP contribution >= 0.6 is 0 Å². The molecule has 0 atom stereocenters. The fraction of sp³-hybridized carbons (Fsp3) is 0.0833. The molecule has 0 aliphatic heterocycles. The highest BCUT2D eigenvalue weighted by atomic mass is 16.2. The highest BCUT2D eigenvalue weighted by Gasteiger charge is 2.14. The molecular weight excluding hydrogens is 392 g/mol. The van der Waals surface area contributed by atoms with Gasteiger partial charge in [-0.2, -0.15) is 0 Å². The second kappa shape index (κ2) is 7.53. The zero-order valence-corrected chi connectivity index (χ0v) is 16.5. The second-order valence-electron chi connectivity index (χ2n) is 7.28. The van der Waals surface area contributed by atoms with Crippen molar-refractivity contribution in [1.29, 1.82) is 0 Å². The molecule has 0 amide bonds. The van der Waals surface area contributed by atoms with Gasteiger partial charge in [-0.05, 0) is 29.8 Å². The van der Waals surface area contributed by atoms with Crippen molar-refractivity contribution in [3.63, 3.8) is 0 Å². The Hall–Kier alpha value is -4.26. The Bertz CT molecular complexity index is 1600. The number of aromatic nitrogens is 4. The third kappa shape index (κ3) is 3.36. The minimum Gasteiger partial charge on any atom is -0.287 e. The molecule has 0 saturated carbocycles. The van der Waals surface area contributed by atoms with Gasteiger partial charge in [0.25, 0.3) is 11.1 Å². The van der Waals surface area contributed by atoms with E-state index in [2.05, 4.69) is 4.98 Å². The summed E-state index contributed by atoms with van der Waals surface area (Å²) in [6.45, 7) is 0.242. The topological polar surface area (TPSA) is 78.4 Å². The lowest BCUT2D eigenvalue weighted by Gasteiger charge is -2.14. The lowest BCUT2D eigenvalue weighted by molar-refractivity contribution is 0.629. The number of hydrogen-bond donors (Lipinski definition) is 0. The van der Waals surface area contributed by atoms with Crippen molar-refractivity contribution in [3.05, 3.63) is 128 Å². The summed E-state index contributed by atoms with van der Waals surface area (Å²) in [5.74, 6) is 0. The predicted octanol–water partition coefficient (Wildman–Crippen LogP) is 2.27. The standard InChI is InChI=1S/C24H18N4O3/c29-22-14-18(25-21-12-6-7-13-26(21)22)16-27-20-11-5-4-10-19(20)23(30)28(24(27)31)15-17-8-2-1-3-9-17/h1-14H,15-16H2. The molecular formula is C24H18N4O3. The summed E-state index contributed by atoms with van der Waals surface area (Å²) in [6.07, 6.45) is 1.65. The first-order valence-corrected chi connectivity index (χ1v) is 9.85. The maximum atomic E-state index is 13.4. The van der Waals surface area contributed by atoms with Gasteiger partial charge >= 0.3 is 5.69 Å². The quantitative estimate of drug-likeness (QED) is 0.455. The van der Waals surface area contributed by atoms with Crippen LogP contribution in [0.3, 0.4) is 0 Å². The highest BCUT2D eigenvalue weighted by Crippen LogP contribution is 2.10. The van der Waals surface area contributed by atoms with Crippen LogP contribution in [0.1, 0.15) is 11.3 Å². The highest BCUT2D eigenvalue weighted by molar-refractivity contribution is 5.77. The number of benzene rings is 2. The molecule has 0 N–H and O–H groups in total. The van der Waals surface area contributed by atoms with Crippen LogP contribution in [0.15, 0.2) is 99.4 Å². The molecule has 3 aromatic heterocycles. The first kappa shape index (κ1) is 18.7. The Morgan fingerprint density at radius 3 is 2.32 bits per heavy atom. The van der Waals surface area contributed by atoms with E-state index in [1.54, 1.807) is 48.7 Å². The van der Waals surface area contributed by atoms with E-state index in [-0.39, 0.29) is 24.2 Å². The van der Waals surface area contributed by atoms with Crippen LogP contribution in [-0.2, 0) is 13.1 Å². The third-order valence-corrected chi connectivity index (χ3v) is 5.26. The molecule has 2 aromatic carbocycles. The summed E-state index contributed by atoms with van der Waals surface area (Å²) in [6, 6.07) is 23.1. The molecule has 0 aliphatic carbocycles. The monoisotopic (exact) mass is 410 g/mol. The van der Waals surface area contributed by atoms with Gasteiger partial charge in [0.1, 0.15) is 5.65 Å². The number of para-hydroxylation sites is 1. The minimum atomic E-state index is -0.442. The lowest BCUT2D eigenvalue weighted by atomic mass is 10.2. The van der Waals surface area contributed by atoms with E-state index in [9.17, 15) is 14.4 Å². The normalized spacial score (nSPS) is 11.2. The van der Waals surface area contributed by atoms with E-state index >= 15 is 0 Å². The van der Waals surface area contributed by atoms with Crippen LogP contribution in [0.4, 0.5) is 0 Å². The van der Waals surface area contributed by atoms with Crippen molar-refractivity contribution in [2.75, 3.05) is 0 Å². The molecule has 0 fully saturated rings. The predicted molar refractivity (Wildman–Crippen MR) is 119 cm³/mol. The van der Waals surface area contributed by atoms with Crippen LogP contribution in [0.2, 0.25) is 0 Å². The van der Waals surface area contributed by atoms with E-state index in [0.29, 0.717) is 22.2 Å². The number of rotatable bonds is 4. The summed E-state index contributed by atoms with van der Waals surface area (Å²) < 4.78 is 4.17. The van der Waals surface area contributed by atoms with E-state index in [1.807, 2.05) is 30.3 Å². The number of hydrogen-bond acceptors (Lipinski definition) is 4. The van der Waals surface area contributed by atoms with Crippen molar-refractivity contribution in [2.24, 2.45) is 0 Å². The molecule has 5 rings (SSSR count). The van der Waals surface area contributed by atoms with Gasteiger partial charge in [-0.3, -0.25) is 23.1 Å². The van der Waals surface area contributed by atoms with Crippen molar-refractivity contribution < 1.29 is 0 Å². The van der Waals surface area contributed by atoms with Gasteiger partial charge in [0, 0.05) is 12.3 Å². The van der Waals surface area contributed by atoms with Gasteiger partial charge in [-0.1, -0.05) is 48.5 Å². The summed E-state index contributed by atoms with van der Waals surface area (Å²) in [7, 11) is 0. The maximum absolute atomic E-state index is 13.4. The molecule has 7 heteroatoms. The Labute approximate surface area is 176 Å². The maximum Gasteiger partial charge on any atom is 0.332 e. The fourth-order valence-corrected chi connectivity index (χ4v) is 3.78. The molecule has 5 aromatic rings. The second-order valence-corrected chi connectivity index (χ2v) is 7.28. The van der Waals surface area contributed by atoms with E-state index in [0.717, 1.165) is 5.56 Å². The number of fused-ring (bicyclic) bond motifs is 2. The first-order valence-electron chi connectivity index (χ1n) is 9.85. The number of nitrogens with zero attached hydrogens (tertiary/aromatic N) is 4. The van der Waals surface area contributed by atoms with Gasteiger partial charge in [0.2, 0.25) is 0 Å². The summed E-state index contributed by atoms with van der Waals surface area (Å²) in [5.41, 5.74) is 1.31. The average Bonchev–Trinajstić information content (AvgIpc) is 2.80. The van der Waals surface area contributed by atoms with Crippen molar-refractivity contribution >= 4 is 16.6 Å². The van der Waals surface area contributed by atoms with Crippen LogP contribution in [-0.4, -0.2) is 18.5 Å². The Balaban J connectivity index is 1.71. The van der Waals surface area contributed by atoms with Gasteiger partial charge in [-0.25, -0.2) is 9.78 Å². The largest absolute Gasteiger partial charge is 0.332 e. The molecule has 3 heterocycles. The Morgan fingerprint density at radius 1 is 0.742 bits per heavy atom. The van der Waals surface area contributed by atoms with Gasteiger partial charge < -0.3 is 0 Å². The van der Waals surface area contributed by atoms with E-state index < -0.39 is 5.69 Å². The zero-order chi connectivity index (χ0) is 21.4. The smallest absolute Gasteiger partial charge is 0.287 e. The molecule has 0 unspecified atom stereocenters. The molecule has 0 bridgehead atoms. The SMILES string of the molecule is O=c1c2ccccc2n(Cc2cc(=O)n3ccccc3n2)c(=O)n1Cc1ccccc1. The van der Waals surface area contributed by atoms with Crippen LogP contribution < -0.4 is 16.8 Å². The molecule has 152 valence electrons. The minimum absolute atomic E-state index is 0.0784. The molecule has 0 radical (unpaired) electrons. The molecule has 0 spiro atoms. The van der Waals surface area contributed by atoms with E-state index in [1.165, 1.54) is 19.6 Å². The molecule has 31 heavy (non-hydrogen) atoms. The Morgan fingerprint density at radius 2 is 1.48 bits per heavy atom. The van der Waals surface area contributed by atoms with Gasteiger partial charge in [0.05, 0.1) is 29.7 Å². The summed E-state index contributed by atoms with van der Waals surface area (Å²) >= 11 is 0. The van der Waals surface area contributed by atoms with E-state index in [4.69, 9.17) is 0 Å². The zero-order valence-electron chi connectivity index (χ0n) is 16.5. The van der Waals surface area contributed by atoms with Crippen molar-refractivity contribution in [2.45, 2.75) is 13.1 Å². The van der Waals surface area contributed by atoms with Gasteiger partial charge in [0.15, 0.2) is 0 Å². The van der Waals surface area contributed by atoms with Crippen LogP contribution in [0, 0.1) is 0 Å². The third-order valence-electron chi connectivity index (χ3n) is 5.26. The van der Waals surface area contributed by atoms with Gasteiger partial charge in [-0.15, -0.1) is 0 Å². The van der Waals surface area contributed by atoms with Crippen molar-refractivity contribution in [3.8, 4) is 0 Å². The summed E-state index contributed by atoms with van der Waals surface area (Å²) in [4.78, 5) is 43.5. The fourth-order valence-electron chi connectivity index (χ4n) is 3.78. The Kier molecular flexibility index (Phi) is 4.55. The van der Waals surface area contributed by atoms with Crippen LogP contribution in [0.5, 0.6) is 0 Å².